The Bertz CT molecular complexity index is 500. The highest BCUT2D eigenvalue weighted by atomic mass is 35.5. The third-order valence-electron chi connectivity index (χ3n) is 3.75. The molecule has 1 aromatic heterocycles. The Morgan fingerprint density at radius 2 is 2.25 bits per heavy atom. The number of thiazole rings is 1. The quantitative estimate of drug-likeness (QED) is 0.911. The lowest BCUT2D eigenvalue weighted by Gasteiger charge is -2.35. The minimum Gasteiger partial charge on any atom is -0.338 e. The van der Waals surface area contributed by atoms with E-state index in [1.165, 1.54) is 11.3 Å². The monoisotopic (exact) mass is 319 g/mol. The number of hydrogen-bond acceptors (Lipinski definition) is 4. The second-order valence-electron chi connectivity index (χ2n) is 5.02. The summed E-state index contributed by atoms with van der Waals surface area (Å²) in [5.41, 5.74) is 6.65. The molecule has 1 unspecified atom stereocenters. The molecule has 0 aromatic carbocycles. The van der Waals surface area contributed by atoms with Gasteiger partial charge in [-0.25, -0.2) is 0 Å². The number of halogens is 1. The molecule has 0 saturated carbocycles. The van der Waals surface area contributed by atoms with Crippen LogP contribution in [0.2, 0.25) is 0 Å². The molecule has 1 aromatic rings. The molecule has 0 radical (unpaired) electrons. The van der Waals surface area contributed by atoms with Crippen LogP contribution in [0.15, 0.2) is 10.2 Å². The minimum absolute atomic E-state index is 0. The van der Waals surface area contributed by atoms with Gasteiger partial charge in [-0.3, -0.25) is 9.59 Å². The van der Waals surface area contributed by atoms with E-state index in [1.54, 1.807) is 4.57 Å². The predicted molar refractivity (Wildman–Crippen MR) is 83.6 cm³/mol. The average molecular weight is 320 g/mol. The Kier molecular flexibility index (Phi) is 6.71. The van der Waals surface area contributed by atoms with Crippen molar-refractivity contribution in [3.8, 4) is 0 Å². The fourth-order valence-corrected chi connectivity index (χ4v) is 3.36. The first-order valence-corrected chi connectivity index (χ1v) is 7.66. The maximum atomic E-state index is 12.2. The molecular formula is C13H22ClN3O2S. The number of likely N-dealkylation sites (tertiary alicyclic amines) is 1. The van der Waals surface area contributed by atoms with Crippen molar-refractivity contribution in [1.82, 2.24) is 9.47 Å². The number of amides is 1. The van der Waals surface area contributed by atoms with E-state index in [2.05, 4.69) is 0 Å². The van der Waals surface area contributed by atoms with Crippen LogP contribution in [-0.4, -0.2) is 34.5 Å². The molecule has 1 atom stereocenters. The van der Waals surface area contributed by atoms with Gasteiger partial charge in [0, 0.05) is 43.2 Å². The van der Waals surface area contributed by atoms with Gasteiger partial charge < -0.3 is 15.2 Å². The summed E-state index contributed by atoms with van der Waals surface area (Å²) in [5.74, 6) is 0.118. The molecule has 5 nitrogen and oxygen atoms in total. The summed E-state index contributed by atoms with van der Waals surface area (Å²) in [6, 6.07) is 0.182. The van der Waals surface area contributed by atoms with Crippen molar-refractivity contribution in [2.24, 2.45) is 5.73 Å². The molecule has 0 aliphatic carbocycles. The van der Waals surface area contributed by atoms with Crippen molar-refractivity contribution in [1.29, 1.82) is 0 Å². The number of nitrogens with two attached hydrogens (primary N) is 1. The first kappa shape index (κ1) is 17.2. The molecule has 114 valence electrons. The van der Waals surface area contributed by atoms with Crippen LogP contribution in [-0.2, 0) is 11.3 Å². The van der Waals surface area contributed by atoms with Crippen LogP contribution in [0.3, 0.4) is 0 Å². The minimum atomic E-state index is 0. The summed E-state index contributed by atoms with van der Waals surface area (Å²) in [7, 11) is 0. The van der Waals surface area contributed by atoms with Crippen LogP contribution in [0.5, 0.6) is 0 Å². The van der Waals surface area contributed by atoms with Gasteiger partial charge in [0.1, 0.15) is 0 Å². The Balaban J connectivity index is 0.00000200. The van der Waals surface area contributed by atoms with Gasteiger partial charge in [-0.2, -0.15) is 0 Å². The Labute approximate surface area is 129 Å². The summed E-state index contributed by atoms with van der Waals surface area (Å²) in [6.45, 7) is 3.70. The lowest BCUT2D eigenvalue weighted by atomic mass is 10.0. The van der Waals surface area contributed by atoms with Gasteiger partial charge in [-0.05, 0) is 26.2 Å². The molecule has 1 fully saturated rings. The number of rotatable bonds is 4. The van der Waals surface area contributed by atoms with Crippen LogP contribution in [0, 0.1) is 6.92 Å². The Hall–Kier alpha value is -0.850. The number of carbonyl (C=O) groups is 1. The molecule has 20 heavy (non-hydrogen) atoms. The van der Waals surface area contributed by atoms with Crippen LogP contribution in [0.1, 0.15) is 31.4 Å². The van der Waals surface area contributed by atoms with Gasteiger partial charge in [0.2, 0.25) is 5.91 Å². The van der Waals surface area contributed by atoms with Crippen molar-refractivity contribution in [2.45, 2.75) is 45.2 Å². The Morgan fingerprint density at radius 1 is 1.50 bits per heavy atom. The summed E-state index contributed by atoms with van der Waals surface area (Å²) < 4.78 is 1.67. The number of nitrogens with zero attached hydrogens (tertiary/aromatic N) is 2. The number of aryl methyl sites for hydroxylation is 1. The Morgan fingerprint density at radius 3 is 2.85 bits per heavy atom. The first-order chi connectivity index (χ1) is 9.13. The van der Waals surface area contributed by atoms with E-state index in [0.29, 0.717) is 19.5 Å². The van der Waals surface area contributed by atoms with Gasteiger partial charge >= 0.3 is 4.87 Å². The van der Waals surface area contributed by atoms with E-state index in [1.807, 2.05) is 17.2 Å². The van der Waals surface area contributed by atoms with E-state index in [9.17, 15) is 9.59 Å². The van der Waals surface area contributed by atoms with Crippen molar-refractivity contribution >= 4 is 29.7 Å². The number of aromatic nitrogens is 1. The van der Waals surface area contributed by atoms with E-state index >= 15 is 0 Å². The molecule has 1 amide bonds. The highest BCUT2D eigenvalue weighted by Crippen LogP contribution is 2.17. The molecule has 2 heterocycles. The maximum Gasteiger partial charge on any atom is 0.307 e. The van der Waals surface area contributed by atoms with Crippen LogP contribution < -0.4 is 10.6 Å². The SMILES string of the molecule is Cc1csc(=O)n1CCC(=O)N1CCCCC1CN.Cl. The van der Waals surface area contributed by atoms with Gasteiger partial charge in [-0.15, -0.1) is 12.4 Å². The highest BCUT2D eigenvalue weighted by Gasteiger charge is 2.25. The van der Waals surface area contributed by atoms with E-state index in [4.69, 9.17) is 5.73 Å². The molecule has 1 aliphatic rings. The largest absolute Gasteiger partial charge is 0.338 e. The number of carbonyl (C=O) groups excluding carboxylic acids is 1. The van der Waals surface area contributed by atoms with Crippen molar-refractivity contribution in [3.05, 3.63) is 20.7 Å². The van der Waals surface area contributed by atoms with Gasteiger partial charge in [-0.1, -0.05) is 11.3 Å². The molecule has 0 spiro atoms. The van der Waals surface area contributed by atoms with Crippen molar-refractivity contribution < 1.29 is 4.79 Å². The van der Waals surface area contributed by atoms with Crippen LogP contribution >= 0.6 is 23.7 Å². The summed E-state index contributed by atoms with van der Waals surface area (Å²) in [4.78, 5) is 25.7. The van der Waals surface area contributed by atoms with Crippen LogP contribution in [0.4, 0.5) is 0 Å². The molecule has 2 N–H and O–H groups in total. The molecule has 1 saturated heterocycles. The molecular weight excluding hydrogens is 298 g/mol. The molecule has 0 bridgehead atoms. The maximum absolute atomic E-state index is 12.2. The van der Waals surface area contributed by atoms with Gasteiger partial charge in [0.25, 0.3) is 0 Å². The third kappa shape index (κ3) is 3.84. The molecule has 2 rings (SSSR count). The van der Waals surface area contributed by atoms with Gasteiger partial charge in [0.05, 0.1) is 0 Å². The lowest BCUT2D eigenvalue weighted by Crippen LogP contribution is -2.47. The smallest absolute Gasteiger partial charge is 0.307 e. The fraction of sp³-hybridized carbons (Fsp3) is 0.692. The normalized spacial score (nSPS) is 18.7. The zero-order valence-electron chi connectivity index (χ0n) is 11.7. The second kappa shape index (κ2) is 7.81. The summed E-state index contributed by atoms with van der Waals surface area (Å²) >= 11 is 1.19. The van der Waals surface area contributed by atoms with Crippen molar-refractivity contribution in [3.63, 3.8) is 0 Å². The number of piperidine rings is 1. The average Bonchev–Trinajstić information content (AvgIpc) is 2.75. The number of hydrogen-bond donors (Lipinski definition) is 1. The first-order valence-electron chi connectivity index (χ1n) is 6.78. The van der Waals surface area contributed by atoms with E-state index < -0.39 is 0 Å². The fourth-order valence-electron chi connectivity index (χ4n) is 2.60. The lowest BCUT2D eigenvalue weighted by molar-refractivity contribution is -0.134. The zero-order valence-corrected chi connectivity index (χ0v) is 13.3. The van der Waals surface area contributed by atoms with E-state index in [0.717, 1.165) is 31.5 Å². The predicted octanol–water partition coefficient (Wildman–Crippen LogP) is 1.37. The van der Waals surface area contributed by atoms with E-state index in [-0.39, 0.29) is 29.2 Å². The highest BCUT2D eigenvalue weighted by molar-refractivity contribution is 7.07. The topological polar surface area (TPSA) is 68.3 Å². The molecule has 7 heteroatoms. The molecule has 1 aliphatic heterocycles. The van der Waals surface area contributed by atoms with Crippen molar-refractivity contribution in [2.75, 3.05) is 13.1 Å². The zero-order chi connectivity index (χ0) is 13.8. The summed E-state index contributed by atoms with van der Waals surface area (Å²) in [5, 5.41) is 1.83. The third-order valence-corrected chi connectivity index (χ3v) is 4.63. The summed E-state index contributed by atoms with van der Waals surface area (Å²) in [6.07, 6.45) is 3.59. The van der Waals surface area contributed by atoms with Crippen LogP contribution in [0.25, 0.3) is 0 Å². The second-order valence-corrected chi connectivity index (χ2v) is 5.84. The standard InChI is InChI=1S/C13H21N3O2S.ClH/c1-10-9-19-13(18)15(10)7-5-12(17)16-6-3-2-4-11(16)8-14;/h9,11H,2-8,14H2,1H3;1H. The van der Waals surface area contributed by atoms with Gasteiger partial charge in [0.15, 0.2) is 0 Å².